The molecule has 2 aromatic rings. The Labute approximate surface area is 111 Å². The minimum Gasteiger partial charge on any atom is -0.345 e. The van der Waals surface area contributed by atoms with Gasteiger partial charge in [-0.3, -0.25) is 5.41 Å². The number of rotatable bonds is 3. The van der Waals surface area contributed by atoms with E-state index in [9.17, 15) is 0 Å². The summed E-state index contributed by atoms with van der Waals surface area (Å²) < 4.78 is 0. The van der Waals surface area contributed by atoms with Gasteiger partial charge in [-0.2, -0.15) is 0 Å². The van der Waals surface area contributed by atoms with Crippen LogP contribution < -0.4 is 0 Å². The van der Waals surface area contributed by atoms with Crippen molar-refractivity contribution in [3.63, 3.8) is 0 Å². The van der Waals surface area contributed by atoms with Gasteiger partial charge in [-0.25, -0.2) is 4.98 Å². The molecule has 0 fully saturated rings. The maximum atomic E-state index is 8.19. The molecule has 1 N–H and O–H groups in total. The van der Waals surface area contributed by atoms with E-state index in [4.69, 9.17) is 5.41 Å². The topological polar surface area (TPSA) is 40.0 Å². The van der Waals surface area contributed by atoms with Crippen molar-refractivity contribution in [2.75, 3.05) is 0 Å². The molecular formula is C14H15N3S. The lowest BCUT2D eigenvalue weighted by molar-refractivity contribution is 0.421. The predicted octanol–water partition coefficient (Wildman–Crippen LogP) is 3.05. The Bertz CT molecular complexity index is 588. The highest BCUT2D eigenvalue weighted by molar-refractivity contribution is 7.11. The van der Waals surface area contributed by atoms with Crippen molar-refractivity contribution in [1.82, 2.24) is 9.88 Å². The van der Waals surface area contributed by atoms with Gasteiger partial charge < -0.3 is 4.90 Å². The summed E-state index contributed by atoms with van der Waals surface area (Å²) in [5.41, 5.74) is 2.31. The third-order valence-corrected chi connectivity index (χ3v) is 4.35. The van der Waals surface area contributed by atoms with Crippen LogP contribution in [-0.2, 0) is 19.5 Å². The number of thiazole rings is 1. The molecule has 1 aliphatic heterocycles. The molecule has 2 heterocycles. The molecule has 3 rings (SSSR count). The smallest absolute Gasteiger partial charge is 0.129 e. The largest absolute Gasteiger partial charge is 0.345 e. The number of nitrogens with one attached hydrogen (secondary N) is 1. The summed E-state index contributed by atoms with van der Waals surface area (Å²) in [4.78, 5) is 7.83. The predicted molar refractivity (Wildman–Crippen MR) is 74.0 cm³/mol. The van der Waals surface area contributed by atoms with Gasteiger partial charge in [0.15, 0.2) is 0 Å². The number of aryl methyl sites for hydroxylation is 1. The van der Waals surface area contributed by atoms with Crippen molar-refractivity contribution in [1.29, 1.82) is 5.41 Å². The summed E-state index contributed by atoms with van der Waals surface area (Å²) in [6.07, 6.45) is 2.99. The van der Waals surface area contributed by atoms with Gasteiger partial charge in [-0.05, 0) is 12.0 Å². The van der Waals surface area contributed by atoms with Crippen LogP contribution in [0.15, 0.2) is 30.5 Å². The van der Waals surface area contributed by atoms with Gasteiger partial charge in [-0.1, -0.05) is 31.2 Å². The van der Waals surface area contributed by atoms with Gasteiger partial charge in [0.05, 0.1) is 6.54 Å². The van der Waals surface area contributed by atoms with Crippen molar-refractivity contribution < 1.29 is 0 Å². The molecule has 1 aliphatic rings. The third-order valence-electron chi connectivity index (χ3n) is 3.23. The van der Waals surface area contributed by atoms with Crippen molar-refractivity contribution in [3.05, 3.63) is 51.5 Å². The Morgan fingerprint density at radius 3 is 2.94 bits per heavy atom. The second-order valence-electron chi connectivity index (χ2n) is 4.44. The first-order chi connectivity index (χ1) is 8.78. The van der Waals surface area contributed by atoms with E-state index in [0.29, 0.717) is 5.84 Å². The molecule has 1 aromatic carbocycles. The van der Waals surface area contributed by atoms with E-state index in [1.807, 2.05) is 24.4 Å². The van der Waals surface area contributed by atoms with Gasteiger partial charge >= 0.3 is 0 Å². The summed E-state index contributed by atoms with van der Waals surface area (Å²) in [5, 5.41) is 9.29. The Morgan fingerprint density at radius 2 is 2.22 bits per heavy atom. The van der Waals surface area contributed by atoms with E-state index >= 15 is 0 Å². The lowest BCUT2D eigenvalue weighted by atomic mass is 10.1. The molecule has 0 spiro atoms. The Morgan fingerprint density at radius 1 is 1.39 bits per heavy atom. The number of aromatic nitrogens is 1. The highest BCUT2D eigenvalue weighted by atomic mass is 32.1. The first-order valence-corrected chi connectivity index (χ1v) is 6.95. The molecule has 0 radical (unpaired) electrons. The average molecular weight is 257 g/mol. The zero-order valence-electron chi connectivity index (χ0n) is 10.3. The molecule has 0 saturated carbocycles. The van der Waals surface area contributed by atoms with Crippen LogP contribution in [0.3, 0.4) is 0 Å². The quantitative estimate of drug-likeness (QED) is 0.918. The molecule has 92 valence electrons. The Kier molecular flexibility index (Phi) is 2.88. The average Bonchev–Trinajstić information content (AvgIpc) is 2.97. The highest BCUT2D eigenvalue weighted by Crippen LogP contribution is 2.25. The molecular weight excluding hydrogens is 242 g/mol. The van der Waals surface area contributed by atoms with Crippen LogP contribution in [0.5, 0.6) is 0 Å². The molecule has 4 heteroatoms. The second-order valence-corrected chi connectivity index (χ2v) is 5.64. The number of benzene rings is 1. The van der Waals surface area contributed by atoms with Gasteiger partial charge in [0, 0.05) is 23.2 Å². The maximum absolute atomic E-state index is 8.19. The fourth-order valence-electron chi connectivity index (χ4n) is 2.23. The molecule has 0 amide bonds. The van der Waals surface area contributed by atoms with Crippen LogP contribution >= 0.6 is 11.3 Å². The van der Waals surface area contributed by atoms with Gasteiger partial charge in [0.1, 0.15) is 10.8 Å². The molecule has 0 unspecified atom stereocenters. The van der Waals surface area contributed by atoms with Gasteiger partial charge in [0.25, 0.3) is 0 Å². The fraction of sp³-hybridized carbons (Fsp3) is 0.286. The zero-order valence-corrected chi connectivity index (χ0v) is 11.1. The summed E-state index contributed by atoms with van der Waals surface area (Å²) in [6, 6.07) is 8.16. The van der Waals surface area contributed by atoms with Crippen LogP contribution in [0.2, 0.25) is 0 Å². The van der Waals surface area contributed by atoms with Crippen molar-refractivity contribution in [2.24, 2.45) is 0 Å². The summed E-state index contributed by atoms with van der Waals surface area (Å²) >= 11 is 1.75. The van der Waals surface area contributed by atoms with E-state index in [2.05, 4.69) is 22.9 Å². The third kappa shape index (κ3) is 1.93. The molecule has 18 heavy (non-hydrogen) atoms. The SMILES string of the molecule is CCc1cnc(CN2Cc3ccccc3C2=N)s1. The highest BCUT2D eigenvalue weighted by Gasteiger charge is 2.24. The van der Waals surface area contributed by atoms with Crippen LogP contribution in [0, 0.1) is 5.41 Å². The monoisotopic (exact) mass is 257 g/mol. The lowest BCUT2D eigenvalue weighted by Gasteiger charge is -2.15. The lowest BCUT2D eigenvalue weighted by Crippen LogP contribution is -2.23. The Hall–Kier alpha value is -1.68. The van der Waals surface area contributed by atoms with Crippen molar-refractivity contribution in [3.8, 4) is 0 Å². The molecule has 3 nitrogen and oxygen atoms in total. The van der Waals surface area contributed by atoms with Crippen LogP contribution in [0.25, 0.3) is 0 Å². The number of hydrogen-bond donors (Lipinski definition) is 1. The van der Waals surface area contributed by atoms with Gasteiger partial charge in [0.2, 0.25) is 0 Å². The van der Waals surface area contributed by atoms with Crippen LogP contribution in [0.4, 0.5) is 0 Å². The normalized spacial score (nSPS) is 14.1. The Balaban J connectivity index is 1.78. The molecule has 0 aliphatic carbocycles. The second kappa shape index (κ2) is 4.53. The van der Waals surface area contributed by atoms with Crippen molar-refractivity contribution >= 4 is 17.2 Å². The maximum Gasteiger partial charge on any atom is 0.129 e. The standard InChI is InChI=1S/C14H15N3S/c1-2-11-7-16-13(18-11)9-17-8-10-5-3-4-6-12(10)14(17)15/h3-7,15H,2,8-9H2,1H3. The molecule has 0 saturated heterocycles. The van der Waals surface area contributed by atoms with E-state index < -0.39 is 0 Å². The number of hydrogen-bond acceptors (Lipinski definition) is 3. The summed E-state index contributed by atoms with van der Waals surface area (Å²) in [6.45, 7) is 3.72. The number of fused-ring (bicyclic) bond motifs is 1. The van der Waals surface area contributed by atoms with Crippen LogP contribution in [0.1, 0.15) is 27.9 Å². The fourth-order valence-corrected chi connectivity index (χ4v) is 3.11. The number of amidine groups is 1. The summed E-state index contributed by atoms with van der Waals surface area (Å²) in [7, 11) is 0. The van der Waals surface area contributed by atoms with Crippen LogP contribution in [-0.4, -0.2) is 15.7 Å². The minimum atomic E-state index is 0.624. The zero-order chi connectivity index (χ0) is 12.5. The first-order valence-electron chi connectivity index (χ1n) is 6.13. The number of nitrogens with zero attached hydrogens (tertiary/aromatic N) is 2. The van der Waals surface area contributed by atoms with E-state index in [1.165, 1.54) is 10.4 Å². The van der Waals surface area contributed by atoms with E-state index in [0.717, 1.165) is 30.1 Å². The van der Waals surface area contributed by atoms with E-state index in [1.54, 1.807) is 11.3 Å². The first kappa shape index (κ1) is 11.4. The molecule has 0 atom stereocenters. The summed E-state index contributed by atoms with van der Waals surface area (Å²) in [5.74, 6) is 0.624. The van der Waals surface area contributed by atoms with Crippen molar-refractivity contribution in [2.45, 2.75) is 26.4 Å². The molecule has 1 aromatic heterocycles. The molecule has 0 bridgehead atoms. The van der Waals surface area contributed by atoms with Gasteiger partial charge in [-0.15, -0.1) is 11.3 Å². The minimum absolute atomic E-state index is 0.624. The van der Waals surface area contributed by atoms with E-state index in [-0.39, 0.29) is 0 Å².